The van der Waals surface area contributed by atoms with E-state index in [0.717, 1.165) is 12.8 Å². The van der Waals surface area contributed by atoms with Crippen molar-refractivity contribution >= 4 is 35.1 Å². The van der Waals surface area contributed by atoms with Gasteiger partial charge < -0.3 is 5.11 Å². The molecule has 2 amide bonds. The summed E-state index contributed by atoms with van der Waals surface area (Å²) in [6.45, 7) is 1.36. The van der Waals surface area contributed by atoms with Crippen LogP contribution in [0.1, 0.15) is 30.1 Å². The van der Waals surface area contributed by atoms with Gasteiger partial charge >= 0.3 is 6.09 Å². The van der Waals surface area contributed by atoms with Crippen LogP contribution < -0.4 is 10.4 Å². The van der Waals surface area contributed by atoms with Gasteiger partial charge in [-0.3, -0.25) is 15.0 Å². The molecule has 0 spiro atoms. The summed E-state index contributed by atoms with van der Waals surface area (Å²) in [5.41, 5.74) is 2.67. The Bertz CT molecular complexity index is 584. The van der Waals surface area contributed by atoms with Crippen LogP contribution in [-0.4, -0.2) is 22.9 Å². The Kier molecular flexibility index (Phi) is 3.94. The number of Topliss-reactive ketones (excluding diaryl/α,β-unsaturated/α-hetero) is 1. The molecule has 1 aromatic carbocycles. The highest BCUT2D eigenvalue weighted by Crippen LogP contribution is 2.30. The van der Waals surface area contributed by atoms with Crippen LogP contribution in [0.5, 0.6) is 0 Å². The van der Waals surface area contributed by atoms with Gasteiger partial charge in [0.1, 0.15) is 0 Å². The second kappa shape index (κ2) is 5.50. The third kappa shape index (κ3) is 3.08. The maximum atomic E-state index is 11.7. The SMILES string of the molecule is CC(=O)c1ccc(Cl)c(N(NC(=O)C2CC2)C(=O)O)c1. The van der Waals surface area contributed by atoms with E-state index in [0.29, 0.717) is 10.6 Å². The molecule has 0 bridgehead atoms. The summed E-state index contributed by atoms with van der Waals surface area (Å²) in [7, 11) is 0. The van der Waals surface area contributed by atoms with Gasteiger partial charge in [0, 0.05) is 11.5 Å². The number of amides is 2. The molecule has 0 unspecified atom stereocenters. The Morgan fingerprint density at radius 2 is 2.00 bits per heavy atom. The highest BCUT2D eigenvalue weighted by atomic mass is 35.5. The van der Waals surface area contributed by atoms with Crippen molar-refractivity contribution in [2.24, 2.45) is 5.92 Å². The molecule has 0 heterocycles. The van der Waals surface area contributed by atoms with E-state index in [-0.39, 0.29) is 28.3 Å². The minimum Gasteiger partial charge on any atom is -0.463 e. The first-order chi connectivity index (χ1) is 9.40. The van der Waals surface area contributed by atoms with Crippen molar-refractivity contribution in [3.63, 3.8) is 0 Å². The minimum absolute atomic E-state index is 0.0564. The van der Waals surface area contributed by atoms with Gasteiger partial charge in [-0.05, 0) is 38.0 Å². The molecule has 20 heavy (non-hydrogen) atoms. The largest absolute Gasteiger partial charge is 0.463 e. The fourth-order valence-corrected chi connectivity index (χ4v) is 1.86. The predicted molar refractivity (Wildman–Crippen MR) is 72.8 cm³/mol. The molecule has 1 fully saturated rings. The summed E-state index contributed by atoms with van der Waals surface area (Å²) < 4.78 is 0. The van der Waals surface area contributed by atoms with Crippen molar-refractivity contribution in [3.05, 3.63) is 28.8 Å². The number of carboxylic acid groups (broad SMARTS) is 1. The Hall–Kier alpha value is -2.08. The summed E-state index contributed by atoms with van der Waals surface area (Å²) in [4.78, 5) is 34.3. The lowest BCUT2D eigenvalue weighted by molar-refractivity contribution is -0.122. The lowest BCUT2D eigenvalue weighted by Gasteiger charge is -2.21. The van der Waals surface area contributed by atoms with E-state index < -0.39 is 6.09 Å². The van der Waals surface area contributed by atoms with Crippen LogP contribution in [0.15, 0.2) is 18.2 Å². The molecule has 0 saturated heterocycles. The van der Waals surface area contributed by atoms with Crippen LogP contribution in [0.4, 0.5) is 10.5 Å². The highest BCUT2D eigenvalue weighted by molar-refractivity contribution is 6.34. The van der Waals surface area contributed by atoms with Gasteiger partial charge in [0.25, 0.3) is 0 Å². The number of nitrogens with zero attached hydrogens (tertiary/aromatic N) is 1. The van der Waals surface area contributed by atoms with Gasteiger partial charge in [0.15, 0.2) is 5.78 Å². The Labute approximate surface area is 120 Å². The number of halogens is 1. The Morgan fingerprint density at radius 1 is 1.35 bits per heavy atom. The third-order valence-electron chi connectivity index (χ3n) is 2.95. The van der Waals surface area contributed by atoms with Crippen LogP contribution >= 0.6 is 11.6 Å². The van der Waals surface area contributed by atoms with E-state index in [1.54, 1.807) is 0 Å². The number of carbonyl (C=O) groups excluding carboxylic acids is 2. The van der Waals surface area contributed by atoms with Crippen molar-refractivity contribution in [3.8, 4) is 0 Å². The zero-order chi connectivity index (χ0) is 14.9. The molecule has 0 aromatic heterocycles. The van der Waals surface area contributed by atoms with Crippen molar-refractivity contribution in [1.82, 2.24) is 5.43 Å². The van der Waals surface area contributed by atoms with Gasteiger partial charge in [-0.1, -0.05) is 11.6 Å². The van der Waals surface area contributed by atoms with Gasteiger partial charge in [-0.2, -0.15) is 5.01 Å². The molecule has 2 N–H and O–H groups in total. The molecule has 0 atom stereocenters. The van der Waals surface area contributed by atoms with E-state index in [4.69, 9.17) is 11.6 Å². The number of anilines is 1. The van der Waals surface area contributed by atoms with Crippen molar-refractivity contribution < 1.29 is 19.5 Å². The monoisotopic (exact) mass is 296 g/mol. The lowest BCUT2D eigenvalue weighted by Crippen LogP contribution is -2.46. The van der Waals surface area contributed by atoms with Gasteiger partial charge in [0.2, 0.25) is 5.91 Å². The molecule has 1 saturated carbocycles. The smallest absolute Gasteiger partial charge is 0.431 e. The number of hydrazine groups is 1. The van der Waals surface area contributed by atoms with E-state index in [2.05, 4.69) is 5.43 Å². The second-order valence-corrected chi connectivity index (χ2v) is 5.00. The van der Waals surface area contributed by atoms with E-state index in [9.17, 15) is 19.5 Å². The topological polar surface area (TPSA) is 86.7 Å². The minimum atomic E-state index is -1.37. The fraction of sp³-hybridized carbons (Fsp3) is 0.308. The zero-order valence-corrected chi connectivity index (χ0v) is 11.5. The summed E-state index contributed by atoms with van der Waals surface area (Å²) in [6, 6.07) is 4.26. The molecule has 1 aromatic rings. The third-order valence-corrected chi connectivity index (χ3v) is 3.27. The molecule has 6 nitrogen and oxygen atoms in total. The number of ketones is 1. The molecule has 1 aliphatic carbocycles. The van der Waals surface area contributed by atoms with E-state index >= 15 is 0 Å². The van der Waals surface area contributed by atoms with Crippen LogP contribution in [0, 0.1) is 5.92 Å². The second-order valence-electron chi connectivity index (χ2n) is 4.59. The number of nitrogens with one attached hydrogen (secondary N) is 1. The highest BCUT2D eigenvalue weighted by Gasteiger charge is 2.32. The van der Waals surface area contributed by atoms with Crippen LogP contribution in [-0.2, 0) is 4.79 Å². The van der Waals surface area contributed by atoms with Crippen molar-refractivity contribution in [2.75, 3.05) is 5.01 Å². The van der Waals surface area contributed by atoms with Crippen LogP contribution in [0.2, 0.25) is 5.02 Å². The van der Waals surface area contributed by atoms with Gasteiger partial charge in [0.05, 0.1) is 10.7 Å². The number of carbonyl (C=O) groups is 3. The zero-order valence-electron chi connectivity index (χ0n) is 10.7. The average molecular weight is 297 g/mol. The first-order valence-electron chi connectivity index (χ1n) is 6.04. The molecular weight excluding hydrogens is 284 g/mol. The number of hydrogen-bond donors (Lipinski definition) is 2. The fourth-order valence-electron chi connectivity index (χ4n) is 1.66. The van der Waals surface area contributed by atoms with Crippen molar-refractivity contribution in [1.29, 1.82) is 0 Å². The van der Waals surface area contributed by atoms with Gasteiger partial charge in [-0.25, -0.2) is 4.79 Å². The van der Waals surface area contributed by atoms with Crippen LogP contribution in [0.25, 0.3) is 0 Å². The molecule has 1 aliphatic rings. The standard InChI is InChI=1S/C13H13ClN2O4/c1-7(17)9-4-5-10(14)11(6-9)16(13(19)20)15-12(18)8-2-3-8/h4-6,8H,2-3H2,1H3,(H,15,18)(H,19,20). The summed E-state index contributed by atoms with van der Waals surface area (Å²) in [5.74, 6) is -0.731. The molecular formula is C13H13ClN2O4. The number of rotatable bonds is 3. The molecule has 106 valence electrons. The first kappa shape index (κ1) is 14.3. The lowest BCUT2D eigenvalue weighted by atomic mass is 10.1. The summed E-state index contributed by atoms with van der Waals surface area (Å²) in [5, 5.41) is 9.98. The summed E-state index contributed by atoms with van der Waals surface area (Å²) >= 11 is 5.95. The quantitative estimate of drug-likeness (QED) is 0.662. The van der Waals surface area contributed by atoms with E-state index in [1.165, 1.54) is 25.1 Å². The Morgan fingerprint density at radius 3 is 2.50 bits per heavy atom. The van der Waals surface area contributed by atoms with Gasteiger partial charge in [-0.15, -0.1) is 0 Å². The molecule has 0 radical (unpaired) electrons. The van der Waals surface area contributed by atoms with E-state index in [1.807, 2.05) is 0 Å². The normalized spacial score (nSPS) is 13.7. The van der Waals surface area contributed by atoms with Crippen molar-refractivity contribution in [2.45, 2.75) is 19.8 Å². The number of benzene rings is 1. The molecule has 7 heteroatoms. The maximum Gasteiger partial charge on any atom is 0.431 e. The predicted octanol–water partition coefficient (Wildman–Crippen LogP) is 2.47. The Balaban J connectivity index is 2.32. The summed E-state index contributed by atoms with van der Waals surface area (Å²) in [6.07, 6.45) is 0.127. The molecule has 0 aliphatic heterocycles. The number of hydrogen-bond acceptors (Lipinski definition) is 3. The maximum absolute atomic E-state index is 11.7. The van der Waals surface area contributed by atoms with Crippen LogP contribution in [0.3, 0.4) is 0 Å². The first-order valence-corrected chi connectivity index (χ1v) is 6.42. The molecule has 2 rings (SSSR count). The average Bonchev–Trinajstić information content (AvgIpc) is 3.20.